The summed E-state index contributed by atoms with van der Waals surface area (Å²) in [5.41, 5.74) is 0. The minimum absolute atomic E-state index is 0.502. The van der Waals surface area contributed by atoms with Gasteiger partial charge in [0.25, 0.3) is 0 Å². The van der Waals surface area contributed by atoms with Crippen molar-refractivity contribution in [2.45, 2.75) is 42.7 Å². The third kappa shape index (κ3) is 2.40. The van der Waals surface area contributed by atoms with Crippen molar-refractivity contribution < 1.29 is 0 Å². The first-order valence-electron chi connectivity index (χ1n) is 5.58. The number of benzene rings is 1. The molecular weight excluding hydrogens is 235 g/mol. The molecule has 0 spiro atoms. The molecule has 1 aliphatic carbocycles. The van der Waals surface area contributed by atoms with Crippen molar-refractivity contribution in [2.24, 2.45) is 0 Å². The standard InChI is InChI=1S/C13H19Se/c1-14(12-8-4-2-5-9-12)13-10-6-3-7-11-13/h2,4-5,8-9,13H,3,6-7,10-11H2,1H3. The summed E-state index contributed by atoms with van der Waals surface area (Å²) in [6, 6.07) is 11.2. The molecule has 0 aliphatic heterocycles. The zero-order valence-electron chi connectivity index (χ0n) is 8.91. The zero-order valence-corrected chi connectivity index (χ0v) is 10.6. The summed E-state index contributed by atoms with van der Waals surface area (Å²) < 4.78 is 1.65. The van der Waals surface area contributed by atoms with Crippen molar-refractivity contribution in [2.75, 3.05) is 0 Å². The Morgan fingerprint density at radius 2 is 1.64 bits per heavy atom. The number of hydrogen-bond acceptors (Lipinski definition) is 0. The maximum atomic E-state index is 2.52. The molecule has 0 atom stereocenters. The number of rotatable bonds is 2. The van der Waals surface area contributed by atoms with Crippen LogP contribution in [0.1, 0.15) is 32.1 Å². The van der Waals surface area contributed by atoms with Crippen LogP contribution in [0.5, 0.6) is 0 Å². The van der Waals surface area contributed by atoms with Crippen LogP contribution in [-0.2, 0) is 0 Å². The first-order valence-corrected chi connectivity index (χ1v) is 9.13. The van der Waals surface area contributed by atoms with E-state index in [2.05, 4.69) is 36.2 Å². The summed E-state index contributed by atoms with van der Waals surface area (Å²) in [4.78, 5) is 1.06. The molecule has 14 heavy (non-hydrogen) atoms. The molecule has 1 fully saturated rings. The molecule has 1 radical (unpaired) electrons. The van der Waals surface area contributed by atoms with E-state index in [4.69, 9.17) is 0 Å². The molecule has 1 saturated carbocycles. The Balaban J connectivity index is 2.03. The van der Waals surface area contributed by atoms with Gasteiger partial charge in [-0.15, -0.1) is 0 Å². The molecule has 0 heterocycles. The van der Waals surface area contributed by atoms with Crippen molar-refractivity contribution in [1.29, 1.82) is 0 Å². The van der Waals surface area contributed by atoms with E-state index < -0.39 is 13.9 Å². The Hall–Kier alpha value is -0.261. The van der Waals surface area contributed by atoms with E-state index in [1.807, 2.05) is 0 Å². The summed E-state index contributed by atoms with van der Waals surface area (Å²) in [5, 5.41) is 0. The first kappa shape index (κ1) is 10.3. The van der Waals surface area contributed by atoms with Crippen LogP contribution in [0.25, 0.3) is 0 Å². The van der Waals surface area contributed by atoms with Gasteiger partial charge < -0.3 is 0 Å². The van der Waals surface area contributed by atoms with E-state index in [-0.39, 0.29) is 0 Å². The van der Waals surface area contributed by atoms with Gasteiger partial charge in [-0.1, -0.05) is 0 Å². The van der Waals surface area contributed by atoms with Crippen molar-refractivity contribution in [3.63, 3.8) is 0 Å². The van der Waals surface area contributed by atoms with Gasteiger partial charge in [0.15, 0.2) is 0 Å². The van der Waals surface area contributed by atoms with Crippen LogP contribution in [0, 0.1) is 0 Å². The minimum atomic E-state index is -0.502. The summed E-state index contributed by atoms with van der Waals surface area (Å²) in [6.45, 7) is 0. The monoisotopic (exact) mass is 255 g/mol. The second kappa shape index (κ2) is 5.00. The van der Waals surface area contributed by atoms with Crippen LogP contribution in [-0.4, -0.2) is 13.9 Å². The van der Waals surface area contributed by atoms with E-state index in [9.17, 15) is 0 Å². The molecule has 0 bridgehead atoms. The van der Waals surface area contributed by atoms with Crippen molar-refractivity contribution in [3.05, 3.63) is 30.3 Å². The summed E-state index contributed by atoms with van der Waals surface area (Å²) in [7, 11) is 0. The molecule has 0 unspecified atom stereocenters. The predicted molar refractivity (Wildman–Crippen MR) is 64.5 cm³/mol. The quantitative estimate of drug-likeness (QED) is 0.710. The molecule has 0 nitrogen and oxygen atoms in total. The van der Waals surface area contributed by atoms with Gasteiger partial charge in [0.2, 0.25) is 0 Å². The van der Waals surface area contributed by atoms with Crippen LogP contribution >= 0.6 is 0 Å². The SMILES string of the molecule is C[Se](c1ccccc1)C1CCCCC1. The molecule has 1 aromatic carbocycles. The molecule has 0 amide bonds. The topological polar surface area (TPSA) is 0 Å². The van der Waals surface area contributed by atoms with Gasteiger partial charge >= 0.3 is 91.4 Å². The Morgan fingerprint density at radius 3 is 2.29 bits per heavy atom. The second-order valence-corrected chi connectivity index (χ2v) is 8.86. The van der Waals surface area contributed by atoms with Gasteiger partial charge in [0, 0.05) is 0 Å². The fraction of sp³-hybridized carbons (Fsp3) is 0.538. The molecule has 0 saturated heterocycles. The second-order valence-electron chi connectivity index (χ2n) is 4.13. The summed E-state index contributed by atoms with van der Waals surface area (Å²) in [6.07, 6.45) is 7.42. The molecule has 2 rings (SSSR count). The predicted octanol–water partition coefficient (Wildman–Crippen LogP) is 3.35. The van der Waals surface area contributed by atoms with Crippen LogP contribution in [0.3, 0.4) is 0 Å². The summed E-state index contributed by atoms with van der Waals surface area (Å²) in [5.74, 6) is 2.52. The van der Waals surface area contributed by atoms with E-state index in [1.54, 1.807) is 4.46 Å². The van der Waals surface area contributed by atoms with Gasteiger partial charge in [-0.3, -0.25) is 0 Å². The molecular formula is C13H19Se. The summed E-state index contributed by atoms with van der Waals surface area (Å²) >= 11 is -0.502. The van der Waals surface area contributed by atoms with Gasteiger partial charge in [-0.2, -0.15) is 0 Å². The third-order valence-corrected chi connectivity index (χ3v) is 8.39. The molecule has 0 N–H and O–H groups in total. The van der Waals surface area contributed by atoms with Crippen molar-refractivity contribution >= 4 is 18.4 Å². The van der Waals surface area contributed by atoms with Crippen molar-refractivity contribution in [3.8, 4) is 0 Å². The average molecular weight is 254 g/mol. The average Bonchev–Trinajstić information content (AvgIpc) is 2.30. The van der Waals surface area contributed by atoms with Gasteiger partial charge in [-0.05, 0) is 0 Å². The van der Waals surface area contributed by atoms with Gasteiger partial charge in [0.05, 0.1) is 0 Å². The number of hydrogen-bond donors (Lipinski definition) is 0. The Bertz CT molecular complexity index is 262. The van der Waals surface area contributed by atoms with E-state index >= 15 is 0 Å². The maximum absolute atomic E-state index is 2.52. The normalized spacial score (nSPS) is 18.7. The van der Waals surface area contributed by atoms with E-state index in [0.717, 1.165) is 4.82 Å². The molecule has 1 aliphatic rings. The van der Waals surface area contributed by atoms with Crippen LogP contribution in [0.4, 0.5) is 0 Å². The third-order valence-electron chi connectivity index (χ3n) is 3.17. The van der Waals surface area contributed by atoms with Crippen LogP contribution in [0.15, 0.2) is 30.3 Å². The van der Waals surface area contributed by atoms with Gasteiger partial charge in [-0.25, -0.2) is 0 Å². The van der Waals surface area contributed by atoms with E-state index in [1.165, 1.54) is 32.1 Å². The Kier molecular flexibility index (Phi) is 3.67. The van der Waals surface area contributed by atoms with Crippen LogP contribution < -0.4 is 4.46 Å². The van der Waals surface area contributed by atoms with Crippen LogP contribution in [0.2, 0.25) is 10.6 Å². The Morgan fingerprint density at radius 1 is 1.00 bits per heavy atom. The molecule has 1 aromatic rings. The molecule has 0 aromatic heterocycles. The fourth-order valence-corrected chi connectivity index (χ4v) is 6.47. The zero-order chi connectivity index (χ0) is 9.80. The Labute approximate surface area is 91.6 Å². The van der Waals surface area contributed by atoms with Crippen molar-refractivity contribution in [1.82, 2.24) is 0 Å². The van der Waals surface area contributed by atoms with Gasteiger partial charge in [0.1, 0.15) is 0 Å². The van der Waals surface area contributed by atoms with E-state index in [0.29, 0.717) is 0 Å². The molecule has 1 heteroatoms. The first-order chi connectivity index (χ1) is 6.88. The fourth-order valence-electron chi connectivity index (χ4n) is 2.25. The molecule has 77 valence electrons.